The second-order valence-corrected chi connectivity index (χ2v) is 8.74. The van der Waals surface area contributed by atoms with Crippen molar-refractivity contribution in [1.82, 2.24) is 9.58 Å². The summed E-state index contributed by atoms with van der Waals surface area (Å²) < 4.78 is 7.57. The van der Waals surface area contributed by atoms with Crippen molar-refractivity contribution in [3.8, 4) is 5.69 Å². The molecule has 1 amide bonds. The van der Waals surface area contributed by atoms with E-state index in [4.69, 9.17) is 9.83 Å². The molecule has 2 aliphatic heterocycles. The predicted molar refractivity (Wildman–Crippen MR) is 128 cm³/mol. The molecule has 0 saturated carbocycles. The Kier molecular flexibility index (Phi) is 4.74. The third-order valence-corrected chi connectivity index (χ3v) is 6.70. The van der Waals surface area contributed by atoms with Crippen LogP contribution in [0, 0.1) is 33.1 Å². The van der Waals surface area contributed by atoms with Gasteiger partial charge in [-0.2, -0.15) is 15.1 Å². The largest absolute Gasteiger partial charge is 0.462 e. The maximum atomic E-state index is 12.8. The number of aryl methyl sites for hydroxylation is 2. The van der Waals surface area contributed by atoms with Gasteiger partial charge in [0, 0.05) is 17.1 Å². The number of fused-ring (bicyclic) bond motifs is 1. The average Bonchev–Trinajstić information content (AvgIpc) is 3.48. The van der Waals surface area contributed by atoms with Crippen LogP contribution < -0.4 is 0 Å². The second-order valence-electron chi connectivity index (χ2n) is 7.78. The fourth-order valence-electron chi connectivity index (χ4n) is 3.93. The van der Waals surface area contributed by atoms with Gasteiger partial charge in [0.15, 0.2) is 16.6 Å². The zero-order valence-electron chi connectivity index (χ0n) is 18.1. The van der Waals surface area contributed by atoms with Crippen molar-refractivity contribution in [3.05, 3.63) is 82.1 Å². The first-order valence-electron chi connectivity index (χ1n) is 10.1. The Bertz CT molecular complexity index is 1380. The molecule has 5 rings (SSSR count). The number of carbonyl (C=O) groups excluding carboxylic acids is 1. The van der Waals surface area contributed by atoms with E-state index in [1.807, 2.05) is 26.0 Å². The molecule has 8 heteroatoms. The molecule has 2 aromatic heterocycles. The molecule has 7 nitrogen and oxygen atoms in total. The van der Waals surface area contributed by atoms with Crippen LogP contribution in [0.5, 0.6) is 0 Å². The van der Waals surface area contributed by atoms with Gasteiger partial charge in [0.2, 0.25) is 5.17 Å². The molecular formula is C24H21N5O2S. The average molecular weight is 444 g/mol. The van der Waals surface area contributed by atoms with Crippen LogP contribution in [0.1, 0.15) is 33.8 Å². The zero-order chi connectivity index (χ0) is 22.6. The van der Waals surface area contributed by atoms with Gasteiger partial charge < -0.3 is 8.98 Å². The van der Waals surface area contributed by atoms with Crippen LogP contribution in [0.2, 0.25) is 0 Å². The summed E-state index contributed by atoms with van der Waals surface area (Å²) in [6.45, 7) is 8.26. The van der Waals surface area contributed by atoms with Crippen molar-refractivity contribution in [1.29, 1.82) is 5.41 Å². The van der Waals surface area contributed by atoms with Crippen molar-refractivity contribution in [3.63, 3.8) is 0 Å². The number of rotatable bonds is 3. The van der Waals surface area contributed by atoms with E-state index in [9.17, 15) is 4.79 Å². The number of benzene rings is 1. The number of hydrogen-bond donors (Lipinski definition) is 1. The highest BCUT2D eigenvalue weighted by atomic mass is 32.2. The second kappa shape index (κ2) is 7.49. The molecule has 0 bridgehead atoms. The van der Waals surface area contributed by atoms with E-state index in [2.05, 4.69) is 40.6 Å². The molecule has 0 spiro atoms. The van der Waals surface area contributed by atoms with Crippen molar-refractivity contribution >= 4 is 39.8 Å². The summed E-state index contributed by atoms with van der Waals surface area (Å²) in [5.41, 5.74) is 6.67. The third kappa shape index (κ3) is 3.15. The fraction of sp³-hybridized carbons (Fsp3) is 0.167. The van der Waals surface area contributed by atoms with Crippen molar-refractivity contribution in [2.75, 3.05) is 0 Å². The molecule has 1 aromatic carbocycles. The number of amides is 1. The quantitative estimate of drug-likeness (QED) is 0.579. The highest BCUT2D eigenvalue weighted by Gasteiger charge is 2.36. The number of nitrogens with one attached hydrogen (secondary N) is 1. The zero-order valence-corrected chi connectivity index (χ0v) is 18.9. The lowest BCUT2D eigenvalue weighted by molar-refractivity contribution is -0.114. The molecule has 0 atom stereocenters. The smallest absolute Gasteiger partial charge is 0.283 e. The van der Waals surface area contributed by atoms with Crippen LogP contribution in [0.15, 0.2) is 62.7 Å². The first kappa shape index (κ1) is 20.3. The first-order valence-corrected chi connectivity index (χ1v) is 11.0. The Hall–Kier alpha value is -3.65. The van der Waals surface area contributed by atoms with Gasteiger partial charge in [0.05, 0.1) is 11.8 Å². The number of aromatic nitrogens is 1. The molecule has 0 unspecified atom stereocenters. The van der Waals surface area contributed by atoms with Crippen LogP contribution in [0.4, 0.5) is 0 Å². The minimum absolute atomic E-state index is 0.00518. The summed E-state index contributed by atoms with van der Waals surface area (Å²) in [5, 5.41) is 15.4. The summed E-state index contributed by atoms with van der Waals surface area (Å²) in [7, 11) is 0. The molecule has 3 aromatic rings. The molecule has 32 heavy (non-hydrogen) atoms. The van der Waals surface area contributed by atoms with Gasteiger partial charge in [-0.15, -0.1) is 0 Å². The van der Waals surface area contributed by atoms with E-state index >= 15 is 0 Å². The Labute approximate surface area is 189 Å². The molecule has 0 saturated heterocycles. The number of aliphatic imine (C=N–C) groups is 1. The number of hydrogen-bond acceptors (Lipinski definition) is 5. The molecular weight excluding hydrogens is 422 g/mol. The minimum Gasteiger partial charge on any atom is -0.462 e. The molecule has 2 aliphatic rings. The maximum absolute atomic E-state index is 12.8. The van der Waals surface area contributed by atoms with Gasteiger partial charge in [0.1, 0.15) is 0 Å². The summed E-state index contributed by atoms with van der Waals surface area (Å²) in [6.07, 6.45) is 3.30. The summed E-state index contributed by atoms with van der Waals surface area (Å²) in [5.74, 6) is 0.140. The summed E-state index contributed by atoms with van der Waals surface area (Å²) >= 11 is 1.22. The van der Waals surface area contributed by atoms with Crippen LogP contribution in [0.3, 0.4) is 0 Å². The van der Waals surface area contributed by atoms with Gasteiger partial charge in [-0.25, -0.2) is 0 Å². The Balaban J connectivity index is 1.55. The third-order valence-electron chi connectivity index (χ3n) is 5.77. The van der Waals surface area contributed by atoms with Crippen LogP contribution in [-0.4, -0.2) is 31.5 Å². The highest BCUT2D eigenvalue weighted by molar-refractivity contribution is 8.27. The van der Waals surface area contributed by atoms with Gasteiger partial charge in [-0.1, -0.05) is 12.1 Å². The van der Waals surface area contributed by atoms with Crippen LogP contribution >= 0.6 is 11.8 Å². The Morgan fingerprint density at radius 2 is 1.94 bits per heavy atom. The predicted octanol–water partition coefficient (Wildman–Crippen LogP) is 4.97. The standard InChI is InChI=1S/C24H21N5O2S/c1-13-7-5-8-19(15(13)3)28-14(2)11-17(16(28)4)12-18-21(25)29-24(26-22(18)30)32-23(27-29)20-9-6-10-31-20/h5-12,25H,1-4H3. The molecule has 1 N–H and O–H groups in total. The molecule has 4 heterocycles. The number of thioether (sulfide) groups is 1. The highest BCUT2D eigenvalue weighted by Crippen LogP contribution is 2.32. The lowest BCUT2D eigenvalue weighted by Gasteiger charge is -2.20. The molecule has 0 radical (unpaired) electrons. The Morgan fingerprint density at radius 3 is 2.69 bits per heavy atom. The first-order chi connectivity index (χ1) is 15.3. The fourth-order valence-corrected chi connectivity index (χ4v) is 4.79. The minimum atomic E-state index is -0.443. The van der Waals surface area contributed by atoms with Crippen molar-refractivity contribution < 1.29 is 9.21 Å². The van der Waals surface area contributed by atoms with E-state index in [1.165, 1.54) is 27.9 Å². The van der Waals surface area contributed by atoms with Gasteiger partial charge >= 0.3 is 0 Å². The van der Waals surface area contributed by atoms with Gasteiger partial charge in [-0.05, 0) is 86.5 Å². The van der Waals surface area contributed by atoms with Crippen LogP contribution in [0.25, 0.3) is 11.8 Å². The Morgan fingerprint density at radius 1 is 1.12 bits per heavy atom. The molecule has 0 fully saturated rings. The maximum Gasteiger partial charge on any atom is 0.283 e. The summed E-state index contributed by atoms with van der Waals surface area (Å²) in [6, 6.07) is 11.8. The van der Waals surface area contributed by atoms with E-state index in [1.54, 1.807) is 24.5 Å². The summed E-state index contributed by atoms with van der Waals surface area (Å²) in [4.78, 5) is 17.0. The molecule has 0 aliphatic carbocycles. The number of hydrazone groups is 1. The van der Waals surface area contributed by atoms with E-state index in [-0.39, 0.29) is 11.4 Å². The van der Waals surface area contributed by atoms with Crippen molar-refractivity contribution in [2.24, 2.45) is 10.1 Å². The molecule has 160 valence electrons. The van der Waals surface area contributed by atoms with E-state index in [0.717, 1.165) is 22.6 Å². The van der Waals surface area contributed by atoms with Gasteiger partial charge in [0.25, 0.3) is 5.91 Å². The van der Waals surface area contributed by atoms with E-state index < -0.39 is 5.91 Å². The lowest BCUT2D eigenvalue weighted by atomic mass is 10.1. The number of carbonyl (C=O) groups is 1. The van der Waals surface area contributed by atoms with Crippen molar-refractivity contribution in [2.45, 2.75) is 27.7 Å². The topological polar surface area (TPSA) is 86.9 Å². The SMILES string of the molecule is Cc1cccc(-n2c(C)cc(C=C3C(=N)N4N=C(c5ccco5)SC4=NC3=O)c2C)c1C. The monoisotopic (exact) mass is 443 g/mol. The van der Waals surface area contributed by atoms with Crippen LogP contribution in [-0.2, 0) is 4.79 Å². The normalized spacial score (nSPS) is 17.1. The number of nitrogens with zero attached hydrogens (tertiary/aromatic N) is 4. The van der Waals surface area contributed by atoms with E-state index in [0.29, 0.717) is 16.0 Å². The number of furan rings is 1. The lowest BCUT2D eigenvalue weighted by Crippen LogP contribution is -2.35. The van der Waals surface area contributed by atoms with Gasteiger partial charge in [-0.3, -0.25) is 10.2 Å². The number of amidine groups is 2.